The van der Waals surface area contributed by atoms with E-state index >= 15 is 0 Å². The van der Waals surface area contributed by atoms with Crippen LogP contribution in [0.1, 0.15) is 5.56 Å². The fourth-order valence-corrected chi connectivity index (χ4v) is 5.32. The third-order valence-corrected chi connectivity index (χ3v) is 7.21. The van der Waals surface area contributed by atoms with Gasteiger partial charge in [-0.05, 0) is 45.1 Å². The van der Waals surface area contributed by atoms with Gasteiger partial charge < -0.3 is 14.4 Å². The van der Waals surface area contributed by atoms with Crippen molar-refractivity contribution < 1.29 is 24.5 Å². The van der Waals surface area contributed by atoms with Gasteiger partial charge in [-0.3, -0.25) is 0 Å². The number of hydrogen-bond donors (Lipinski definition) is 0. The molecule has 0 fully saturated rings. The summed E-state index contributed by atoms with van der Waals surface area (Å²) >= 11 is 0. The van der Waals surface area contributed by atoms with Crippen molar-refractivity contribution in [3.05, 3.63) is 145 Å². The summed E-state index contributed by atoms with van der Waals surface area (Å²) in [7, 11) is 0. The average molecular weight is 705 g/mol. The maximum absolute atomic E-state index is 6.39. The van der Waals surface area contributed by atoms with Crippen LogP contribution in [0.4, 0.5) is 0 Å². The fraction of sp³-hybridized carbons (Fsp3) is 0.0270. The Morgan fingerprint density at radius 3 is 1.93 bits per heavy atom. The van der Waals surface area contributed by atoms with E-state index in [1.54, 1.807) is 12.4 Å². The van der Waals surface area contributed by atoms with E-state index in [1.807, 2.05) is 60.7 Å². The molecule has 8 rings (SSSR count). The van der Waals surface area contributed by atoms with Gasteiger partial charge in [-0.15, -0.1) is 53.1 Å². The summed E-state index contributed by atoms with van der Waals surface area (Å²) in [6.07, 6.45) is 3.60. The monoisotopic (exact) mass is 705 g/mol. The molecule has 0 bridgehead atoms. The number of furan rings is 1. The van der Waals surface area contributed by atoms with Crippen molar-refractivity contribution in [2.24, 2.45) is 0 Å². The summed E-state index contributed by atoms with van der Waals surface area (Å²) in [4.78, 5) is 8.72. The quantitative estimate of drug-likeness (QED) is 0.133. The SMILES string of the molecule is Cc1ccc[c-]c1-c1ccccn1.[Ir].[c-]1cc2c(cc1-c1ccccn1)oc1c3ccccc3c3ccccc3c21. The Hall–Kier alpha value is -4.63. The normalized spacial score (nSPS) is 10.9. The molecule has 0 N–H and O–H groups in total. The molecule has 3 aromatic heterocycles. The summed E-state index contributed by atoms with van der Waals surface area (Å²) in [5.41, 5.74) is 6.92. The van der Waals surface area contributed by atoms with Gasteiger partial charge in [-0.2, -0.15) is 0 Å². The van der Waals surface area contributed by atoms with Gasteiger partial charge >= 0.3 is 0 Å². The summed E-state index contributed by atoms with van der Waals surface area (Å²) in [5, 5.41) is 7.06. The molecule has 8 aromatic rings. The van der Waals surface area contributed by atoms with Crippen molar-refractivity contribution in [1.82, 2.24) is 9.97 Å². The summed E-state index contributed by atoms with van der Waals surface area (Å²) in [6.45, 7) is 2.07. The Balaban J connectivity index is 0.000000183. The molecule has 0 aliphatic heterocycles. The van der Waals surface area contributed by atoms with Gasteiger partial charge in [0.05, 0.1) is 5.58 Å². The van der Waals surface area contributed by atoms with Crippen LogP contribution in [-0.4, -0.2) is 9.97 Å². The predicted molar refractivity (Wildman–Crippen MR) is 164 cm³/mol. The molecular formula is C37H24IrN2O-2. The van der Waals surface area contributed by atoms with Crippen molar-refractivity contribution in [1.29, 1.82) is 0 Å². The van der Waals surface area contributed by atoms with E-state index in [0.717, 1.165) is 49.8 Å². The zero-order chi connectivity index (χ0) is 26.9. The Kier molecular flexibility index (Phi) is 7.43. The van der Waals surface area contributed by atoms with E-state index in [2.05, 4.69) is 83.6 Å². The van der Waals surface area contributed by atoms with Crippen LogP contribution in [-0.2, 0) is 20.1 Å². The van der Waals surface area contributed by atoms with Gasteiger partial charge in [0.1, 0.15) is 5.58 Å². The van der Waals surface area contributed by atoms with E-state index in [4.69, 9.17) is 4.42 Å². The van der Waals surface area contributed by atoms with Crippen LogP contribution in [0.5, 0.6) is 0 Å². The largest absolute Gasteiger partial charge is 0.476 e. The number of fused-ring (bicyclic) bond motifs is 8. The topological polar surface area (TPSA) is 38.9 Å². The number of hydrogen-bond acceptors (Lipinski definition) is 3. The molecule has 1 radical (unpaired) electrons. The van der Waals surface area contributed by atoms with Gasteiger partial charge in [0, 0.05) is 37.9 Å². The van der Waals surface area contributed by atoms with Crippen molar-refractivity contribution in [2.45, 2.75) is 6.92 Å². The third kappa shape index (κ3) is 4.93. The smallest absolute Gasteiger partial charge is 0.132 e. The number of rotatable bonds is 2. The number of aryl methyl sites for hydroxylation is 1. The van der Waals surface area contributed by atoms with Gasteiger partial charge in [0.25, 0.3) is 0 Å². The van der Waals surface area contributed by atoms with E-state index in [9.17, 15) is 0 Å². The standard InChI is InChI=1S/C25H14NO.C12H10N.Ir/c1-3-9-19-17(7-1)18-8-2-4-10-20(18)25-24(19)21-13-12-16(15-23(21)27-25)22-11-5-6-14-26-22;1-10-6-2-3-7-11(10)12-8-4-5-9-13-12;/h1-11,13-15H;2-6,8-9H,1H3;/q2*-1;. The first-order chi connectivity index (χ1) is 19.8. The summed E-state index contributed by atoms with van der Waals surface area (Å²) in [6, 6.07) is 45.4. The van der Waals surface area contributed by atoms with Gasteiger partial charge in [0.2, 0.25) is 0 Å². The average Bonchev–Trinajstić information content (AvgIpc) is 3.42. The maximum Gasteiger partial charge on any atom is 0.132 e. The Labute approximate surface area is 251 Å². The van der Waals surface area contributed by atoms with E-state index in [1.165, 1.54) is 21.7 Å². The molecule has 0 spiro atoms. The maximum atomic E-state index is 6.39. The summed E-state index contributed by atoms with van der Waals surface area (Å²) < 4.78 is 6.39. The minimum absolute atomic E-state index is 0. The number of nitrogens with zero attached hydrogens (tertiary/aromatic N) is 2. The molecule has 0 amide bonds. The van der Waals surface area contributed by atoms with Gasteiger partial charge in [0.15, 0.2) is 0 Å². The second kappa shape index (κ2) is 11.5. The molecule has 0 saturated carbocycles. The van der Waals surface area contributed by atoms with Crippen LogP contribution in [0.25, 0.3) is 66.0 Å². The second-order valence-corrected chi connectivity index (χ2v) is 9.68. The zero-order valence-corrected chi connectivity index (χ0v) is 24.7. The molecule has 0 unspecified atom stereocenters. The molecule has 3 heterocycles. The van der Waals surface area contributed by atoms with Crippen molar-refractivity contribution in [2.75, 3.05) is 0 Å². The van der Waals surface area contributed by atoms with E-state index < -0.39 is 0 Å². The van der Waals surface area contributed by atoms with Crippen molar-refractivity contribution >= 4 is 43.5 Å². The minimum Gasteiger partial charge on any atom is -0.476 e. The molecular weight excluding hydrogens is 681 g/mol. The molecule has 0 aliphatic carbocycles. The van der Waals surface area contributed by atoms with Gasteiger partial charge in [-0.1, -0.05) is 91.2 Å². The first kappa shape index (κ1) is 26.6. The molecule has 0 aliphatic rings. The van der Waals surface area contributed by atoms with E-state index in [-0.39, 0.29) is 20.1 Å². The van der Waals surface area contributed by atoms with Crippen LogP contribution in [0.3, 0.4) is 0 Å². The van der Waals surface area contributed by atoms with Crippen LogP contribution in [0.2, 0.25) is 0 Å². The number of pyridine rings is 2. The van der Waals surface area contributed by atoms with Crippen molar-refractivity contribution in [3.63, 3.8) is 0 Å². The first-order valence-electron chi connectivity index (χ1n) is 13.3. The predicted octanol–water partition coefficient (Wildman–Crippen LogP) is 9.61. The van der Waals surface area contributed by atoms with E-state index in [0.29, 0.717) is 0 Å². The van der Waals surface area contributed by atoms with Crippen molar-refractivity contribution in [3.8, 4) is 22.5 Å². The van der Waals surface area contributed by atoms with Crippen LogP contribution >= 0.6 is 0 Å². The van der Waals surface area contributed by atoms with Gasteiger partial charge in [-0.25, -0.2) is 0 Å². The fourth-order valence-electron chi connectivity index (χ4n) is 5.32. The van der Waals surface area contributed by atoms with Crippen LogP contribution in [0.15, 0.2) is 132 Å². The second-order valence-electron chi connectivity index (χ2n) is 9.68. The van der Waals surface area contributed by atoms with Crippen LogP contribution < -0.4 is 0 Å². The molecule has 0 saturated heterocycles. The Morgan fingerprint density at radius 1 is 0.610 bits per heavy atom. The van der Waals surface area contributed by atoms with Crippen LogP contribution in [0, 0.1) is 19.1 Å². The molecule has 41 heavy (non-hydrogen) atoms. The minimum atomic E-state index is 0. The molecule has 5 aromatic carbocycles. The third-order valence-electron chi connectivity index (χ3n) is 7.21. The molecule has 199 valence electrons. The molecule has 3 nitrogen and oxygen atoms in total. The molecule has 0 atom stereocenters. The Bertz CT molecular complexity index is 2120. The number of aromatic nitrogens is 2. The Morgan fingerprint density at radius 2 is 1.24 bits per heavy atom. The molecule has 4 heteroatoms. The zero-order valence-electron chi connectivity index (χ0n) is 22.3. The number of benzene rings is 5. The summed E-state index contributed by atoms with van der Waals surface area (Å²) in [5.74, 6) is 0. The first-order valence-corrected chi connectivity index (χ1v) is 13.3.